The van der Waals surface area contributed by atoms with Gasteiger partial charge < -0.3 is 14.5 Å². The molecule has 1 heterocycles. The number of aryl methyl sites for hydroxylation is 1. The molecule has 0 spiro atoms. The van der Waals surface area contributed by atoms with Crippen LogP contribution in [-0.2, 0) is 11.2 Å². The lowest BCUT2D eigenvalue weighted by molar-refractivity contribution is -0.118. The van der Waals surface area contributed by atoms with Gasteiger partial charge in [-0.3, -0.25) is 4.79 Å². The van der Waals surface area contributed by atoms with Crippen molar-refractivity contribution in [3.05, 3.63) is 94.8 Å². The highest BCUT2D eigenvalue weighted by Crippen LogP contribution is 2.29. The predicted molar refractivity (Wildman–Crippen MR) is 118 cm³/mol. The topological polar surface area (TPSA) is 68.5 Å². The maximum absolute atomic E-state index is 12.2. The molecule has 0 radical (unpaired) electrons. The van der Waals surface area contributed by atoms with Gasteiger partial charge in [0.25, 0.3) is 5.91 Å². The van der Waals surface area contributed by atoms with Gasteiger partial charge >= 0.3 is 5.63 Å². The maximum atomic E-state index is 12.2. The quantitative estimate of drug-likeness (QED) is 0.461. The number of nitrogens with one attached hydrogen (secondary N) is 1. The highest BCUT2D eigenvalue weighted by atomic mass is 16.5. The summed E-state index contributed by atoms with van der Waals surface area (Å²) in [6.45, 7) is 1.93. The van der Waals surface area contributed by atoms with Gasteiger partial charge in [-0.2, -0.15) is 0 Å². The van der Waals surface area contributed by atoms with Crippen molar-refractivity contribution in [2.75, 3.05) is 11.9 Å². The van der Waals surface area contributed by atoms with Gasteiger partial charge in [0.15, 0.2) is 6.61 Å². The van der Waals surface area contributed by atoms with Crippen LogP contribution in [0.2, 0.25) is 0 Å². The lowest BCUT2D eigenvalue weighted by Gasteiger charge is -2.10. The van der Waals surface area contributed by atoms with Crippen LogP contribution >= 0.6 is 0 Å². The van der Waals surface area contributed by atoms with Crippen molar-refractivity contribution in [2.24, 2.45) is 0 Å². The molecule has 1 amide bonds. The molecule has 0 aliphatic carbocycles. The van der Waals surface area contributed by atoms with Crippen LogP contribution in [0.5, 0.6) is 5.75 Å². The molecule has 0 saturated carbocycles. The van der Waals surface area contributed by atoms with Crippen LogP contribution in [0.3, 0.4) is 0 Å². The minimum absolute atomic E-state index is 0.149. The fourth-order valence-corrected chi connectivity index (χ4v) is 3.26. The number of anilines is 1. The fraction of sp³-hybridized carbons (Fsp3) is 0.120. The molecule has 30 heavy (non-hydrogen) atoms. The van der Waals surface area contributed by atoms with Gasteiger partial charge in [0.2, 0.25) is 0 Å². The summed E-state index contributed by atoms with van der Waals surface area (Å²) < 4.78 is 11.0. The number of benzene rings is 3. The lowest BCUT2D eigenvalue weighted by Crippen LogP contribution is -2.20. The van der Waals surface area contributed by atoms with Crippen molar-refractivity contribution < 1.29 is 13.9 Å². The molecule has 0 unspecified atom stereocenters. The molecule has 150 valence electrons. The molecule has 0 bridgehead atoms. The van der Waals surface area contributed by atoms with Crippen molar-refractivity contribution in [1.82, 2.24) is 0 Å². The molecule has 4 rings (SSSR count). The number of fused-ring (bicyclic) bond motifs is 1. The second kappa shape index (κ2) is 8.66. The van der Waals surface area contributed by atoms with E-state index in [0.29, 0.717) is 11.3 Å². The Morgan fingerprint density at radius 3 is 2.47 bits per heavy atom. The Hall–Kier alpha value is -3.86. The smallest absolute Gasteiger partial charge is 0.336 e. The van der Waals surface area contributed by atoms with Gasteiger partial charge in [-0.25, -0.2) is 4.79 Å². The number of carbonyl (C=O) groups excluding carboxylic acids is 1. The van der Waals surface area contributed by atoms with Gasteiger partial charge in [0, 0.05) is 23.2 Å². The number of carbonyl (C=O) groups is 1. The summed E-state index contributed by atoms with van der Waals surface area (Å²) in [5.41, 5.74) is 3.62. The Kier molecular flexibility index (Phi) is 5.61. The minimum Gasteiger partial charge on any atom is -0.484 e. The van der Waals surface area contributed by atoms with Crippen LogP contribution in [-0.4, -0.2) is 12.5 Å². The largest absolute Gasteiger partial charge is 0.484 e. The summed E-state index contributed by atoms with van der Waals surface area (Å²) >= 11 is 0. The first-order valence-corrected chi connectivity index (χ1v) is 9.77. The highest BCUT2D eigenvalue weighted by molar-refractivity contribution is 5.94. The number of amides is 1. The van der Waals surface area contributed by atoms with Crippen LogP contribution in [0.4, 0.5) is 5.69 Å². The summed E-state index contributed by atoms with van der Waals surface area (Å²) in [4.78, 5) is 24.2. The first-order chi connectivity index (χ1) is 14.6. The molecule has 1 aromatic heterocycles. The zero-order valence-corrected chi connectivity index (χ0v) is 16.6. The number of ether oxygens (including phenoxy) is 1. The highest BCUT2D eigenvalue weighted by Gasteiger charge is 2.10. The van der Waals surface area contributed by atoms with Gasteiger partial charge in [-0.15, -0.1) is 0 Å². The van der Waals surface area contributed by atoms with Gasteiger partial charge in [-0.05, 0) is 47.4 Å². The van der Waals surface area contributed by atoms with E-state index in [1.165, 1.54) is 11.6 Å². The Morgan fingerprint density at radius 2 is 1.73 bits per heavy atom. The van der Waals surface area contributed by atoms with E-state index in [0.717, 1.165) is 28.6 Å². The predicted octanol–water partition coefficient (Wildman–Crippen LogP) is 5.04. The second-order valence-corrected chi connectivity index (χ2v) is 6.89. The van der Waals surface area contributed by atoms with Crippen LogP contribution in [0.15, 0.2) is 88.1 Å². The molecule has 3 aromatic carbocycles. The maximum Gasteiger partial charge on any atom is 0.336 e. The molecule has 1 N–H and O–H groups in total. The second-order valence-electron chi connectivity index (χ2n) is 6.89. The lowest BCUT2D eigenvalue weighted by atomic mass is 10.0. The fourth-order valence-electron chi connectivity index (χ4n) is 3.26. The van der Waals surface area contributed by atoms with Crippen molar-refractivity contribution >= 4 is 22.6 Å². The summed E-state index contributed by atoms with van der Waals surface area (Å²) in [5.74, 6) is 0.186. The third-order valence-electron chi connectivity index (χ3n) is 4.82. The van der Waals surface area contributed by atoms with Crippen LogP contribution < -0.4 is 15.7 Å². The average Bonchev–Trinajstić information content (AvgIpc) is 2.78. The first-order valence-electron chi connectivity index (χ1n) is 9.77. The average molecular weight is 399 g/mol. The SMILES string of the molecule is CCc1ccc(NC(=O)COc2ccc3c(-c4ccccc4)cc(=O)oc3c2)cc1. The Balaban J connectivity index is 1.49. The Labute approximate surface area is 173 Å². The summed E-state index contributed by atoms with van der Waals surface area (Å²) in [6.07, 6.45) is 0.946. The molecule has 4 aromatic rings. The van der Waals surface area contributed by atoms with Crippen molar-refractivity contribution in [1.29, 1.82) is 0 Å². The third-order valence-corrected chi connectivity index (χ3v) is 4.82. The molecule has 5 nitrogen and oxygen atoms in total. The van der Waals surface area contributed by atoms with Gasteiger partial charge in [-0.1, -0.05) is 49.4 Å². The first kappa shape index (κ1) is 19.5. The van der Waals surface area contributed by atoms with Crippen molar-refractivity contribution in [3.63, 3.8) is 0 Å². The van der Waals surface area contributed by atoms with Crippen LogP contribution in [0, 0.1) is 0 Å². The van der Waals surface area contributed by atoms with Crippen molar-refractivity contribution in [2.45, 2.75) is 13.3 Å². The van der Waals surface area contributed by atoms with Gasteiger partial charge in [0.1, 0.15) is 11.3 Å². The monoisotopic (exact) mass is 399 g/mol. The zero-order valence-electron chi connectivity index (χ0n) is 16.6. The molecule has 0 fully saturated rings. The third kappa shape index (κ3) is 4.41. The van der Waals surface area contributed by atoms with E-state index >= 15 is 0 Å². The van der Waals surface area contributed by atoms with E-state index < -0.39 is 5.63 Å². The molecule has 0 saturated heterocycles. The Bertz CT molecular complexity index is 1230. The van der Waals surface area contributed by atoms with Gasteiger partial charge in [0.05, 0.1) is 0 Å². The standard InChI is InChI=1S/C25H21NO4/c1-2-17-8-10-19(11-9-17)26-24(27)16-29-20-12-13-21-22(18-6-4-3-5-7-18)15-25(28)30-23(21)14-20/h3-15H,2,16H2,1H3,(H,26,27). The zero-order chi connectivity index (χ0) is 20.9. The van der Waals surface area contributed by atoms with E-state index in [9.17, 15) is 9.59 Å². The molecule has 0 atom stereocenters. The normalized spacial score (nSPS) is 10.7. The van der Waals surface area contributed by atoms with Crippen LogP contribution in [0.1, 0.15) is 12.5 Å². The van der Waals surface area contributed by atoms with Crippen LogP contribution in [0.25, 0.3) is 22.1 Å². The molecule has 0 aliphatic heterocycles. The van der Waals surface area contributed by atoms with E-state index in [4.69, 9.17) is 9.15 Å². The number of hydrogen-bond acceptors (Lipinski definition) is 4. The Morgan fingerprint density at radius 1 is 0.967 bits per heavy atom. The number of hydrogen-bond donors (Lipinski definition) is 1. The van der Waals surface area contributed by atoms with E-state index in [1.807, 2.05) is 60.7 Å². The number of rotatable bonds is 6. The molecule has 0 aliphatic rings. The molecule has 5 heteroatoms. The summed E-state index contributed by atoms with van der Waals surface area (Å²) in [5, 5.41) is 3.60. The summed E-state index contributed by atoms with van der Waals surface area (Å²) in [6, 6.07) is 24.0. The van der Waals surface area contributed by atoms with E-state index in [-0.39, 0.29) is 12.5 Å². The minimum atomic E-state index is -0.438. The molecular weight excluding hydrogens is 378 g/mol. The summed E-state index contributed by atoms with van der Waals surface area (Å²) in [7, 11) is 0. The van der Waals surface area contributed by atoms with E-state index in [1.54, 1.807) is 12.1 Å². The van der Waals surface area contributed by atoms with Crippen molar-refractivity contribution in [3.8, 4) is 16.9 Å². The van der Waals surface area contributed by atoms with E-state index in [2.05, 4.69) is 12.2 Å². The molecular formula is C25H21NO4.